The molecule has 2 aromatic carbocycles. The summed E-state index contributed by atoms with van der Waals surface area (Å²) in [5.74, 6) is 0.705. The third kappa shape index (κ3) is 2.52. The minimum Gasteiger partial charge on any atom is -0.228 e. The Kier molecular flexibility index (Phi) is 3.64. The predicted octanol–water partition coefficient (Wildman–Crippen LogP) is 5.13. The third-order valence-electron chi connectivity index (χ3n) is 3.73. The Labute approximate surface area is 129 Å². The van der Waals surface area contributed by atoms with E-state index < -0.39 is 0 Å². The lowest BCUT2D eigenvalue weighted by atomic mass is 10.0. The highest BCUT2D eigenvalue weighted by Gasteiger charge is 2.12. The topological polar surface area (TPSA) is 25.8 Å². The van der Waals surface area contributed by atoms with Crippen LogP contribution in [0.1, 0.15) is 23.6 Å². The van der Waals surface area contributed by atoms with Crippen molar-refractivity contribution in [1.29, 1.82) is 0 Å². The van der Waals surface area contributed by atoms with Crippen molar-refractivity contribution in [3.63, 3.8) is 0 Å². The molecule has 0 atom stereocenters. The summed E-state index contributed by atoms with van der Waals surface area (Å²) >= 11 is 6.40. The van der Waals surface area contributed by atoms with E-state index in [1.165, 1.54) is 11.1 Å². The van der Waals surface area contributed by atoms with Crippen molar-refractivity contribution in [1.82, 2.24) is 9.97 Å². The molecule has 0 saturated heterocycles. The Hall–Kier alpha value is -1.93. The number of fused-ring (bicyclic) bond motifs is 1. The van der Waals surface area contributed by atoms with Crippen LogP contribution in [-0.2, 0) is 6.42 Å². The molecular formula is C18H17ClN2. The Bertz CT molecular complexity index is 825. The molecule has 0 radical (unpaired) electrons. The van der Waals surface area contributed by atoms with Crippen molar-refractivity contribution in [2.24, 2.45) is 0 Å². The predicted molar refractivity (Wildman–Crippen MR) is 88.8 cm³/mol. The molecule has 0 spiro atoms. The van der Waals surface area contributed by atoms with E-state index in [1.54, 1.807) is 0 Å². The summed E-state index contributed by atoms with van der Waals surface area (Å²) in [7, 11) is 0. The number of rotatable bonds is 2. The second kappa shape index (κ2) is 5.45. The van der Waals surface area contributed by atoms with Gasteiger partial charge in [-0.25, -0.2) is 9.97 Å². The summed E-state index contributed by atoms with van der Waals surface area (Å²) in [6.07, 6.45) is 0.946. The molecule has 3 rings (SSSR count). The van der Waals surface area contributed by atoms with Gasteiger partial charge in [0.25, 0.3) is 0 Å². The second-order valence-electron chi connectivity index (χ2n) is 5.33. The minimum atomic E-state index is 0.521. The van der Waals surface area contributed by atoms with Crippen molar-refractivity contribution >= 4 is 22.5 Å². The number of nitrogens with zero attached hydrogens (tertiary/aromatic N) is 2. The monoisotopic (exact) mass is 296 g/mol. The summed E-state index contributed by atoms with van der Waals surface area (Å²) in [6, 6.07) is 12.4. The normalized spacial score (nSPS) is 11.0. The highest BCUT2D eigenvalue weighted by atomic mass is 35.5. The van der Waals surface area contributed by atoms with Gasteiger partial charge in [-0.15, -0.1) is 0 Å². The fraction of sp³-hybridized carbons (Fsp3) is 0.222. The van der Waals surface area contributed by atoms with Gasteiger partial charge in [-0.2, -0.15) is 0 Å². The van der Waals surface area contributed by atoms with Crippen LogP contribution in [0.2, 0.25) is 5.15 Å². The lowest BCUT2D eigenvalue weighted by Crippen LogP contribution is -1.97. The Morgan fingerprint density at radius 3 is 2.57 bits per heavy atom. The first kappa shape index (κ1) is 14.0. The van der Waals surface area contributed by atoms with Crippen molar-refractivity contribution in [2.45, 2.75) is 27.2 Å². The summed E-state index contributed by atoms with van der Waals surface area (Å²) in [4.78, 5) is 9.28. The van der Waals surface area contributed by atoms with Crippen LogP contribution in [0.4, 0.5) is 0 Å². The quantitative estimate of drug-likeness (QED) is 0.613. The van der Waals surface area contributed by atoms with Crippen LogP contribution in [-0.4, -0.2) is 9.97 Å². The van der Waals surface area contributed by atoms with Gasteiger partial charge in [0.2, 0.25) is 0 Å². The summed E-state index contributed by atoms with van der Waals surface area (Å²) in [5.41, 5.74) is 5.53. The maximum Gasteiger partial charge on any atom is 0.161 e. The van der Waals surface area contributed by atoms with Gasteiger partial charge < -0.3 is 0 Å². The molecule has 1 heterocycles. The van der Waals surface area contributed by atoms with Gasteiger partial charge >= 0.3 is 0 Å². The van der Waals surface area contributed by atoms with Gasteiger partial charge in [-0.05, 0) is 37.5 Å². The SMILES string of the molecule is CCc1ccccc1-c1nc(Cl)c2cc(C)cc(C)c2n1. The van der Waals surface area contributed by atoms with Gasteiger partial charge in [0, 0.05) is 10.9 Å². The van der Waals surface area contributed by atoms with Gasteiger partial charge in [-0.1, -0.05) is 54.4 Å². The average molecular weight is 297 g/mol. The van der Waals surface area contributed by atoms with E-state index >= 15 is 0 Å². The molecule has 0 aliphatic carbocycles. The molecule has 1 aromatic heterocycles. The zero-order valence-electron chi connectivity index (χ0n) is 12.4. The molecule has 0 N–H and O–H groups in total. The molecule has 0 amide bonds. The van der Waals surface area contributed by atoms with E-state index in [0.29, 0.717) is 11.0 Å². The van der Waals surface area contributed by atoms with Gasteiger partial charge in [0.1, 0.15) is 5.15 Å². The molecule has 2 nitrogen and oxygen atoms in total. The number of aromatic nitrogens is 2. The Morgan fingerprint density at radius 2 is 1.81 bits per heavy atom. The van der Waals surface area contributed by atoms with E-state index in [9.17, 15) is 0 Å². The highest BCUT2D eigenvalue weighted by molar-refractivity contribution is 6.34. The first-order valence-corrected chi connectivity index (χ1v) is 7.50. The molecule has 0 unspecified atom stereocenters. The standard InChI is InChI=1S/C18H17ClN2/c1-4-13-7-5-6-8-14(13)18-20-16-12(3)9-11(2)10-15(16)17(19)21-18/h5-10H,4H2,1-3H3. The van der Waals surface area contributed by atoms with Crippen molar-refractivity contribution in [3.05, 3.63) is 58.2 Å². The van der Waals surface area contributed by atoms with Crippen molar-refractivity contribution in [3.8, 4) is 11.4 Å². The molecule has 0 saturated carbocycles. The van der Waals surface area contributed by atoms with Crippen LogP contribution in [0.25, 0.3) is 22.3 Å². The van der Waals surface area contributed by atoms with E-state index in [-0.39, 0.29) is 0 Å². The van der Waals surface area contributed by atoms with E-state index in [2.05, 4.69) is 44.0 Å². The van der Waals surface area contributed by atoms with Crippen LogP contribution >= 0.6 is 11.6 Å². The molecule has 0 aliphatic rings. The van der Waals surface area contributed by atoms with E-state index in [1.807, 2.05) is 18.2 Å². The van der Waals surface area contributed by atoms with E-state index in [4.69, 9.17) is 16.6 Å². The molecule has 0 fully saturated rings. The molecule has 21 heavy (non-hydrogen) atoms. The maximum atomic E-state index is 6.40. The van der Waals surface area contributed by atoms with Crippen molar-refractivity contribution < 1.29 is 0 Å². The number of benzene rings is 2. The number of halogens is 1. The van der Waals surface area contributed by atoms with Crippen LogP contribution < -0.4 is 0 Å². The Balaban J connectivity index is 2.30. The number of hydrogen-bond acceptors (Lipinski definition) is 2. The van der Waals surface area contributed by atoms with Crippen LogP contribution in [0.15, 0.2) is 36.4 Å². The van der Waals surface area contributed by atoms with Crippen LogP contribution in [0.3, 0.4) is 0 Å². The second-order valence-corrected chi connectivity index (χ2v) is 5.68. The highest BCUT2D eigenvalue weighted by Crippen LogP contribution is 2.29. The smallest absolute Gasteiger partial charge is 0.161 e. The lowest BCUT2D eigenvalue weighted by molar-refractivity contribution is 1.12. The zero-order chi connectivity index (χ0) is 15.0. The van der Waals surface area contributed by atoms with Gasteiger partial charge in [-0.3, -0.25) is 0 Å². The maximum absolute atomic E-state index is 6.40. The lowest BCUT2D eigenvalue weighted by Gasteiger charge is -2.10. The van der Waals surface area contributed by atoms with Gasteiger partial charge in [0.05, 0.1) is 5.52 Å². The molecule has 0 bridgehead atoms. The van der Waals surface area contributed by atoms with Gasteiger partial charge in [0.15, 0.2) is 5.82 Å². The average Bonchev–Trinajstić information content (AvgIpc) is 2.48. The fourth-order valence-electron chi connectivity index (χ4n) is 2.72. The summed E-state index contributed by atoms with van der Waals surface area (Å²) in [6.45, 7) is 6.26. The number of hydrogen-bond donors (Lipinski definition) is 0. The first-order valence-electron chi connectivity index (χ1n) is 7.13. The largest absolute Gasteiger partial charge is 0.228 e. The Morgan fingerprint density at radius 1 is 1.05 bits per heavy atom. The molecular weight excluding hydrogens is 280 g/mol. The van der Waals surface area contributed by atoms with Crippen LogP contribution in [0.5, 0.6) is 0 Å². The molecule has 0 aliphatic heterocycles. The van der Waals surface area contributed by atoms with Crippen molar-refractivity contribution in [2.75, 3.05) is 0 Å². The van der Waals surface area contributed by atoms with E-state index in [0.717, 1.165) is 28.5 Å². The molecule has 106 valence electrons. The number of aryl methyl sites for hydroxylation is 3. The fourth-order valence-corrected chi connectivity index (χ4v) is 2.94. The van der Waals surface area contributed by atoms with Crippen LogP contribution in [0, 0.1) is 13.8 Å². The first-order chi connectivity index (χ1) is 10.1. The zero-order valence-corrected chi connectivity index (χ0v) is 13.2. The summed E-state index contributed by atoms with van der Waals surface area (Å²) in [5, 5.41) is 1.44. The minimum absolute atomic E-state index is 0.521. The molecule has 3 aromatic rings. The molecule has 3 heteroatoms. The third-order valence-corrected chi connectivity index (χ3v) is 4.02. The summed E-state index contributed by atoms with van der Waals surface area (Å²) < 4.78 is 0.